The molecule has 8 heteroatoms. The molecule has 0 bridgehead atoms. The van der Waals surface area contributed by atoms with Crippen LogP contribution in [0.2, 0.25) is 0 Å². The summed E-state index contributed by atoms with van der Waals surface area (Å²) in [4.78, 5) is 25.4. The zero-order chi connectivity index (χ0) is 19.3. The highest BCUT2D eigenvalue weighted by atomic mass is 16.5. The summed E-state index contributed by atoms with van der Waals surface area (Å²) in [6.45, 7) is 2.98. The summed E-state index contributed by atoms with van der Waals surface area (Å²) >= 11 is 0. The number of morpholine rings is 1. The second-order valence-electron chi connectivity index (χ2n) is 6.25. The number of nitrogens with one attached hydrogen (secondary N) is 1. The predicted octanol–water partition coefficient (Wildman–Crippen LogP) is 2.19. The summed E-state index contributed by atoms with van der Waals surface area (Å²) in [5, 5.41) is 11.4. The molecule has 1 amide bonds. The summed E-state index contributed by atoms with van der Waals surface area (Å²) in [6.07, 6.45) is 1.14. The van der Waals surface area contributed by atoms with Gasteiger partial charge in [-0.3, -0.25) is 4.79 Å². The third kappa shape index (κ3) is 4.07. The molecule has 3 heterocycles. The molecule has 4 rings (SSSR count). The van der Waals surface area contributed by atoms with Crippen LogP contribution >= 0.6 is 0 Å². The van der Waals surface area contributed by atoms with Gasteiger partial charge in [0.25, 0.3) is 5.91 Å². The van der Waals surface area contributed by atoms with Crippen LogP contribution in [0.1, 0.15) is 10.4 Å². The van der Waals surface area contributed by atoms with Gasteiger partial charge in [0, 0.05) is 30.4 Å². The fraction of sp³-hybridized carbons (Fsp3) is 0.200. The van der Waals surface area contributed by atoms with Crippen molar-refractivity contribution in [3.63, 3.8) is 0 Å². The minimum Gasteiger partial charge on any atom is -0.430 e. The molecule has 28 heavy (non-hydrogen) atoms. The van der Waals surface area contributed by atoms with Crippen molar-refractivity contribution in [2.24, 2.45) is 0 Å². The Morgan fingerprint density at radius 2 is 1.89 bits per heavy atom. The van der Waals surface area contributed by atoms with Gasteiger partial charge in [0.15, 0.2) is 5.82 Å². The Morgan fingerprint density at radius 3 is 2.61 bits per heavy atom. The van der Waals surface area contributed by atoms with Crippen molar-refractivity contribution in [1.29, 1.82) is 0 Å². The standard InChI is InChI=1S/C20H18N4O4/c25-19-7-4-15(13-28-19)20(26)21-16-3-1-2-14(12-16)17-5-6-18(23-22-17)24-8-10-27-11-9-24/h1-7,12-13H,8-11H2,(H,21,26). The maximum absolute atomic E-state index is 12.3. The number of amides is 1. The van der Waals surface area contributed by atoms with Crippen LogP contribution in [0.15, 0.2) is 64.0 Å². The number of carbonyl (C=O) groups excluding carboxylic acids is 1. The second-order valence-corrected chi connectivity index (χ2v) is 6.25. The molecule has 1 N–H and O–H groups in total. The number of nitrogens with zero attached hydrogens (tertiary/aromatic N) is 3. The molecule has 142 valence electrons. The Labute approximate surface area is 160 Å². The van der Waals surface area contributed by atoms with Crippen molar-refractivity contribution in [3.8, 4) is 11.3 Å². The topological polar surface area (TPSA) is 97.6 Å². The summed E-state index contributed by atoms with van der Waals surface area (Å²) in [6, 6.07) is 13.8. The highest BCUT2D eigenvalue weighted by Crippen LogP contribution is 2.22. The molecule has 0 unspecified atom stereocenters. The fourth-order valence-corrected chi connectivity index (χ4v) is 2.89. The van der Waals surface area contributed by atoms with Crippen LogP contribution in [0.5, 0.6) is 0 Å². The van der Waals surface area contributed by atoms with Crippen LogP contribution in [0.3, 0.4) is 0 Å². The largest absolute Gasteiger partial charge is 0.430 e. The molecule has 1 fully saturated rings. The van der Waals surface area contributed by atoms with Crippen LogP contribution in [0, 0.1) is 0 Å². The Morgan fingerprint density at radius 1 is 1.04 bits per heavy atom. The monoisotopic (exact) mass is 378 g/mol. The van der Waals surface area contributed by atoms with E-state index in [0.29, 0.717) is 24.6 Å². The number of benzene rings is 1. The van der Waals surface area contributed by atoms with Crippen LogP contribution in [-0.4, -0.2) is 42.4 Å². The Balaban J connectivity index is 1.49. The molecular weight excluding hydrogens is 360 g/mol. The van der Waals surface area contributed by atoms with Crippen molar-refractivity contribution in [2.75, 3.05) is 36.5 Å². The number of anilines is 2. The number of aromatic nitrogens is 2. The van der Waals surface area contributed by atoms with Crippen molar-refractivity contribution in [3.05, 3.63) is 70.8 Å². The lowest BCUT2D eigenvalue weighted by Crippen LogP contribution is -2.36. The van der Waals surface area contributed by atoms with Crippen LogP contribution in [0.4, 0.5) is 11.5 Å². The molecule has 0 spiro atoms. The maximum Gasteiger partial charge on any atom is 0.335 e. The number of rotatable bonds is 4. The summed E-state index contributed by atoms with van der Waals surface area (Å²) in [5.41, 5.74) is 1.90. The molecular formula is C20H18N4O4. The molecule has 2 aromatic heterocycles. The molecule has 0 saturated carbocycles. The van der Waals surface area contributed by atoms with Gasteiger partial charge in [-0.25, -0.2) is 4.79 Å². The van der Waals surface area contributed by atoms with E-state index in [1.165, 1.54) is 12.1 Å². The lowest BCUT2D eigenvalue weighted by Gasteiger charge is -2.27. The Bertz CT molecular complexity index is 1010. The van der Waals surface area contributed by atoms with E-state index in [1.807, 2.05) is 30.3 Å². The van der Waals surface area contributed by atoms with Gasteiger partial charge in [-0.15, -0.1) is 10.2 Å². The summed E-state index contributed by atoms with van der Waals surface area (Å²) in [7, 11) is 0. The zero-order valence-corrected chi connectivity index (χ0v) is 15.0. The summed E-state index contributed by atoms with van der Waals surface area (Å²) in [5.74, 6) is 0.455. The molecule has 0 aliphatic carbocycles. The van der Waals surface area contributed by atoms with Crippen LogP contribution in [0.25, 0.3) is 11.3 Å². The molecule has 1 aliphatic rings. The van der Waals surface area contributed by atoms with E-state index in [9.17, 15) is 9.59 Å². The first kappa shape index (κ1) is 17.9. The Kier molecular flexibility index (Phi) is 5.11. The van der Waals surface area contributed by atoms with E-state index in [1.54, 1.807) is 6.07 Å². The first-order valence-electron chi connectivity index (χ1n) is 8.86. The van der Waals surface area contributed by atoms with Gasteiger partial charge >= 0.3 is 5.63 Å². The first-order valence-corrected chi connectivity index (χ1v) is 8.86. The fourth-order valence-electron chi connectivity index (χ4n) is 2.89. The molecule has 1 aliphatic heterocycles. The highest BCUT2D eigenvalue weighted by molar-refractivity contribution is 6.04. The van der Waals surface area contributed by atoms with Gasteiger partial charge in [-0.05, 0) is 30.3 Å². The Hall–Kier alpha value is -3.52. The van der Waals surface area contributed by atoms with E-state index in [2.05, 4.69) is 20.4 Å². The third-order valence-corrected chi connectivity index (χ3v) is 4.36. The minimum atomic E-state index is -0.502. The van der Waals surface area contributed by atoms with E-state index in [-0.39, 0.29) is 11.5 Å². The van der Waals surface area contributed by atoms with E-state index in [4.69, 9.17) is 9.15 Å². The van der Waals surface area contributed by atoms with Crippen LogP contribution in [-0.2, 0) is 4.74 Å². The van der Waals surface area contributed by atoms with E-state index >= 15 is 0 Å². The molecule has 3 aromatic rings. The lowest BCUT2D eigenvalue weighted by atomic mass is 10.1. The molecule has 1 saturated heterocycles. The molecule has 1 aromatic carbocycles. The van der Waals surface area contributed by atoms with E-state index in [0.717, 1.165) is 30.7 Å². The van der Waals surface area contributed by atoms with Gasteiger partial charge in [0.05, 0.1) is 24.5 Å². The number of ether oxygens (including phenoxy) is 1. The molecule has 0 atom stereocenters. The van der Waals surface area contributed by atoms with Crippen molar-refractivity contribution < 1.29 is 13.9 Å². The van der Waals surface area contributed by atoms with Gasteiger partial charge in [-0.2, -0.15) is 0 Å². The predicted molar refractivity (Wildman–Crippen MR) is 103 cm³/mol. The number of hydrogen-bond donors (Lipinski definition) is 1. The van der Waals surface area contributed by atoms with Gasteiger partial charge < -0.3 is 19.4 Å². The highest BCUT2D eigenvalue weighted by Gasteiger charge is 2.13. The maximum atomic E-state index is 12.3. The van der Waals surface area contributed by atoms with E-state index < -0.39 is 5.63 Å². The molecule has 8 nitrogen and oxygen atoms in total. The second kappa shape index (κ2) is 8.01. The quantitative estimate of drug-likeness (QED) is 0.743. The molecule has 0 radical (unpaired) electrons. The van der Waals surface area contributed by atoms with Gasteiger partial charge in [-0.1, -0.05) is 12.1 Å². The van der Waals surface area contributed by atoms with Crippen molar-refractivity contribution >= 4 is 17.4 Å². The van der Waals surface area contributed by atoms with Gasteiger partial charge in [0.1, 0.15) is 6.26 Å². The average Bonchev–Trinajstić information content (AvgIpc) is 2.75. The van der Waals surface area contributed by atoms with Crippen molar-refractivity contribution in [2.45, 2.75) is 0 Å². The zero-order valence-electron chi connectivity index (χ0n) is 15.0. The van der Waals surface area contributed by atoms with Crippen molar-refractivity contribution in [1.82, 2.24) is 10.2 Å². The first-order chi connectivity index (χ1) is 13.7. The third-order valence-electron chi connectivity index (χ3n) is 4.36. The average molecular weight is 378 g/mol. The van der Waals surface area contributed by atoms with Crippen LogP contribution < -0.4 is 15.8 Å². The smallest absolute Gasteiger partial charge is 0.335 e. The minimum absolute atomic E-state index is 0.264. The summed E-state index contributed by atoms with van der Waals surface area (Å²) < 4.78 is 10.1. The number of hydrogen-bond acceptors (Lipinski definition) is 7. The normalized spacial score (nSPS) is 13.9. The SMILES string of the molecule is O=C(Nc1cccc(-c2ccc(N3CCOCC3)nn2)c1)c1ccc(=O)oc1. The van der Waals surface area contributed by atoms with Gasteiger partial charge in [0.2, 0.25) is 0 Å². The number of carbonyl (C=O) groups is 1. The lowest BCUT2D eigenvalue weighted by molar-refractivity contribution is 0.102.